The summed E-state index contributed by atoms with van der Waals surface area (Å²) in [6.45, 7) is 4.63. The number of nitrogens with zero attached hydrogens (tertiary/aromatic N) is 6. The number of hydrogen-bond donors (Lipinski definition) is 2. The van der Waals surface area contributed by atoms with E-state index in [2.05, 4.69) is 44.0 Å². The Morgan fingerprint density at radius 1 is 1.10 bits per heavy atom. The van der Waals surface area contributed by atoms with Crippen LogP contribution < -0.4 is 10.2 Å². The zero-order valence-corrected chi connectivity index (χ0v) is 23.3. The van der Waals surface area contributed by atoms with Crippen molar-refractivity contribution in [2.45, 2.75) is 44.7 Å². The van der Waals surface area contributed by atoms with E-state index < -0.39 is 10.0 Å². The number of rotatable bonds is 8. The SMILES string of the molecule is CC(=O)N1CCN(c2cccc3c2ccn3-c2ccnc(N[C@H]3CC[C@H](N(CCO)S(C)(=O)=O)CC3)n2)CC1. The number of aromatic nitrogens is 3. The Balaban J connectivity index is 1.28. The van der Waals surface area contributed by atoms with Crippen LogP contribution in [0.2, 0.25) is 0 Å². The summed E-state index contributed by atoms with van der Waals surface area (Å²) < 4.78 is 27.8. The van der Waals surface area contributed by atoms with Gasteiger partial charge in [-0.05, 0) is 49.9 Å². The summed E-state index contributed by atoms with van der Waals surface area (Å²) in [5.41, 5.74) is 2.21. The van der Waals surface area contributed by atoms with Gasteiger partial charge < -0.3 is 24.8 Å². The molecule has 3 aromatic rings. The number of amides is 1. The number of aliphatic hydroxyl groups excluding tert-OH is 1. The summed E-state index contributed by atoms with van der Waals surface area (Å²) in [5, 5.41) is 13.9. The van der Waals surface area contributed by atoms with Crippen LogP contribution in [0.15, 0.2) is 42.7 Å². The molecule has 2 aromatic heterocycles. The van der Waals surface area contributed by atoms with Gasteiger partial charge in [-0.15, -0.1) is 0 Å². The third-order valence-electron chi connectivity index (χ3n) is 7.85. The molecule has 3 heterocycles. The molecule has 0 spiro atoms. The molecule has 0 bridgehead atoms. The predicted octanol–water partition coefficient (Wildman–Crippen LogP) is 2.07. The molecular weight excluding hydrogens is 518 g/mol. The number of hydrogen-bond acceptors (Lipinski definition) is 8. The van der Waals surface area contributed by atoms with Crippen molar-refractivity contribution in [2.24, 2.45) is 0 Å². The van der Waals surface area contributed by atoms with Crippen molar-refractivity contribution in [3.8, 4) is 5.82 Å². The first-order valence-corrected chi connectivity index (χ1v) is 15.4. The van der Waals surface area contributed by atoms with Crippen LogP contribution in [0.4, 0.5) is 11.6 Å². The Hall–Kier alpha value is -3.22. The van der Waals surface area contributed by atoms with Crippen molar-refractivity contribution in [1.29, 1.82) is 0 Å². The molecule has 1 aliphatic carbocycles. The molecule has 11 nitrogen and oxygen atoms in total. The van der Waals surface area contributed by atoms with E-state index in [-0.39, 0.29) is 31.1 Å². The lowest BCUT2D eigenvalue weighted by Crippen LogP contribution is -2.48. The largest absolute Gasteiger partial charge is 0.395 e. The van der Waals surface area contributed by atoms with Gasteiger partial charge >= 0.3 is 0 Å². The monoisotopic (exact) mass is 555 g/mol. The molecule has 1 aromatic carbocycles. The second-order valence-corrected chi connectivity index (χ2v) is 12.3. The summed E-state index contributed by atoms with van der Waals surface area (Å²) in [4.78, 5) is 25.2. The summed E-state index contributed by atoms with van der Waals surface area (Å²) in [6.07, 6.45) is 8.00. The fourth-order valence-corrected chi connectivity index (χ4v) is 7.02. The number of benzene rings is 1. The molecule has 210 valence electrons. The number of nitrogens with one attached hydrogen (secondary N) is 1. The molecule has 1 saturated heterocycles. The summed E-state index contributed by atoms with van der Waals surface area (Å²) in [7, 11) is -3.36. The van der Waals surface area contributed by atoms with Crippen LogP contribution in [0, 0.1) is 0 Å². The highest BCUT2D eigenvalue weighted by Gasteiger charge is 2.31. The normalized spacial score (nSPS) is 20.5. The third kappa shape index (κ3) is 6.02. The molecular formula is C27H37N7O4S. The maximum absolute atomic E-state index is 12.1. The van der Waals surface area contributed by atoms with Crippen LogP contribution in [-0.2, 0) is 14.8 Å². The van der Waals surface area contributed by atoms with Crippen molar-refractivity contribution < 1.29 is 18.3 Å². The Labute approximate surface area is 229 Å². The molecule has 1 amide bonds. The van der Waals surface area contributed by atoms with Crippen LogP contribution in [0.1, 0.15) is 32.6 Å². The quantitative estimate of drug-likeness (QED) is 0.433. The molecule has 39 heavy (non-hydrogen) atoms. The van der Waals surface area contributed by atoms with E-state index in [1.165, 1.54) is 10.6 Å². The Morgan fingerprint density at radius 2 is 1.85 bits per heavy atom. The minimum atomic E-state index is -3.36. The highest BCUT2D eigenvalue weighted by atomic mass is 32.2. The Bertz CT molecular complexity index is 1410. The van der Waals surface area contributed by atoms with E-state index in [4.69, 9.17) is 4.98 Å². The molecule has 5 rings (SSSR count). The molecule has 0 atom stereocenters. The van der Waals surface area contributed by atoms with E-state index in [0.717, 1.165) is 74.3 Å². The number of carbonyl (C=O) groups is 1. The second-order valence-electron chi connectivity index (χ2n) is 10.4. The van der Waals surface area contributed by atoms with Gasteiger partial charge in [0.2, 0.25) is 21.9 Å². The van der Waals surface area contributed by atoms with Crippen molar-refractivity contribution in [1.82, 2.24) is 23.7 Å². The van der Waals surface area contributed by atoms with Crippen molar-refractivity contribution in [3.63, 3.8) is 0 Å². The first-order chi connectivity index (χ1) is 18.7. The van der Waals surface area contributed by atoms with Gasteiger partial charge in [0.05, 0.1) is 18.4 Å². The highest BCUT2D eigenvalue weighted by molar-refractivity contribution is 7.88. The molecule has 2 N–H and O–H groups in total. The van der Waals surface area contributed by atoms with Crippen LogP contribution in [0.25, 0.3) is 16.7 Å². The Kier molecular flexibility index (Phi) is 8.06. The molecule has 0 radical (unpaired) electrons. The van der Waals surface area contributed by atoms with Gasteiger partial charge in [-0.1, -0.05) is 6.07 Å². The average Bonchev–Trinajstić information content (AvgIpc) is 3.36. The summed E-state index contributed by atoms with van der Waals surface area (Å²) in [6, 6.07) is 10.3. The van der Waals surface area contributed by atoms with Crippen LogP contribution >= 0.6 is 0 Å². The van der Waals surface area contributed by atoms with E-state index in [9.17, 15) is 18.3 Å². The van der Waals surface area contributed by atoms with Crippen LogP contribution in [0.3, 0.4) is 0 Å². The van der Waals surface area contributed by atoms with Crippen LogP contribution in [0.5, 0.6) is 0 Å². The fourth-order valence-electron chi connectivity index (χ4n) is 5.85. The van der Waals surface area contributed by atoms with Crippen molar-refractivity contribution >= 4 is 38.5 Å². The summed E-state index contributed by atoms with van der Waals surface area (Å²) >= 11 is 0. The minimum absolute atomic E-state index is 0.0941. The maximum Gasteiger partial charge on any atom is 0.224 e. The lowest BCUT2D eigenvalue weighted by atomic mass is 9.91. The molecule has 2 aliphatic rings. The number of fused-ring (bicyclic) bond motifs is 1. The third-order valence-corrected chi connectivity index (χ3v) is 9.18. The Morgan fingerprint density at radius 3 is 2.51 bits per heavy atom. The number of carbonyl (C=O) groups excluding carboxylic acids is 1. The number of piperazine rings is 1. The molecule has 1 saturated carbocycles. The minimum Gasteiger partial charge on any atom is -0.395 e. The second kappa shape index (κ2) is 11.5. The fraction of sp³-hybridized carbons (Fsp3) is 0.519. The maximum atomic E-state index is 12.1. The lowest BCUT2D eigenvalue weighted by Gasteiger charge is -2.36. The summed E-state index contributed by atoms with van der Waals surface area (Å²) in [5.74, 6) is 1.43. The first kappa shape index (κ1) is 27.4. The van der Waals surface area contributed by atoms with E-state index >= 15 is 0 Å². The molecule has 12 heteroatoms. The van der Waals surface area contributed by atoms with Gasteiger partial charge in [-0.25, -0.2) is 13.4 Å². The van der Waals surface area contributed by atoms with Gasteiger partial charge in [0.1, 0.15) is 5.82 Å². The predicted molar refractivity (Wildman–Crippen MR) is 152 cm³/mol. The smallest absolute Gasteiger partial charge is 0.224 e. The van der Waals surface area contributed by atoms with E-state index in [1.807, 2.05) is 17.2 Å². The van der Waals surface area contributed by atoms with Crippen LogP contribution in [-0.4, -0.2) is 101 Å². The van der Waals surface area contributed by atoms with Crippen molar-refractivity contribution in [3.05, 3.63) is 42.7 Å². The molecule has 1 aliphatic heterocycles. The molecule has 0 unspecified atom stereocenters. The van der Waals surface area contributed by atoms with Gasteiger partial charge in [0.25, 0.3) is 0 Å². The van der Waals surface area contributed by atoms with E-state index in [0.29, 0.717) is 5.95 Å². The zero-order valence-electron chi connectivity index (χ0n) is 22.5. The standard InChI is InChI=1S/C27H37N7O4S/c1-20(36)31-14-16-32(17-15-31)24-4-3-5-25-23(24)11-13-33(25)26-10-12-28-27(30-26)29-21-6-8-22(9-7-21)34(18-19-35)39(2,37)38/h3-5,10-13,21-22,35H,6-9,14-19H2,1-2H3,(H,28,29,30)/t21-,22-. The number of aliphatic hydroxyl groups is 1. The van der Waals surface area contributed by atoms with Gasteiger partial charge in [-0.2, -0.15) is 9.29 Å². The number of anilines is 2. The lowest BCUT2D eigenvalue weighted by molar-refractivity contribution is -0.129. The highest BCUT2D eigenvalue weighted by Crippen LogP contribution is 2.31. The number of sulfonamides is 1. The van der Waals surface area contributed by atoms with E-state index in [1.54, 1.807) is 13.1 Å². The van der Waals surface area contributed by atoms with Gasteiger partial charge in [0.15, 0.2) is 0 Å². The van der Waals surface area contributed by atoms with Gasteiger partial charge in [-0.3, -0.25) is 4.79 Å². The first-order valence-electron chi connectivity index (χ1n) is 13.5. The van der Waals surface area contributed by atoms with Gasteiger partial charge in [0, 0.05) is 75.2 Å². The van der Waals surface area contributed by atoms with Crippen molar-refractivity contribution in [2.75, 3.05) is 55.8 Å². The zero-order chi connectivity index (χ0) is 27.6. The molecule has 2 fully saturated rings. The average molecular weight is 556 g/mol. The topological polar surface area (TPSA) is 124 Å².